The predicted molar refractivity (Wildman–Crippen MR) is 77.6 cm³/mol. The summed E-state index contributed by atoms with van der Waals surface area (Å²) in [5, 5.41) is 3.50. The number of benzene rings is 2. The first-order valence-electron chi connectivity index (χ1n) is 5.77. The van der Waals surface area contributed by atoms with Gasteiger partial charge in [-0.15, -0.1) is 0 Å². The summed E-state index contributed by atoms with van der Waals surface area (Å²) in [7, 11) is 0. The van der Waals surface area contributed by atoms with Crippen LogP contribution >= 0.6 is 23.4 Å². The van der Waals surface area contributed by atoms with Crippen molar-refractivity contribution in [2.24, 2.45) is 5.73 Å². The Morgan fingerprint density at radius 3 is 2.53 bits per heavy atom. The van der Waals surface area contributed by atoms with E-state index in [2.05, 4.69) is 5.32 Å². The summed E-state index contributed by atoms with van der Waals surface area (Å²) < 4.78 is 0. The minimum absolute atomic E-state index is 0.149. The molecular formula is C14H11ClN2OS. The maximum atomic E-state index is 11.5. The smallest absolute Gasteiger partial charge is 0.245 e. The topological polar surface area (TPSA) is 55.1 Å². The lowest BCUT2D eigenvalue weighted by Gasteiger charge is -2.05. The fraction of sp³-hybridized carbons (Fsp3) is 0.0714. The van der Waals surface area contributed by atoms with Crippen LogP contribution in [-0.2, 0) is 4.79 Å². The zero-order valence-corrected chi connectivity index (χ0v) is 11.5. The summed E-state index contributed by atoms with van der Waals surface area (Å²) in [5.74, 6) is -0.149. The monoisotopic (exact) mass is 290 g/mol. The Labute approximate surface area is 120 Å². The number of hydrogen-bond acceptors (Lipinski definition) is 3. The summed E-state index contributed by atoms with van der Waals surface area (Å²) in [4.78, 5) is 13.6. The van der Waals surface area contributed by atoms with Gasteiger partial charge in [0.15, 0.2) is 0 Å². The quantitative estimate of drug-likeness (QED) is 0.891. The average Bonchev–Trinajstić information content (AvgIpc) is 2.68. The highest BCUT2D eigenvalue weighted by molar-refractivity contribution is 7.99. The first kappa shape index (κ1) is 12.5. The number of amides is 1. The highest BCUT2D eigenvalue weighted by Crippen LogP contribution is 2.35. The molecule has 3 nitrogen and oxygen atoms in total. The Bertz CT molecular complexity index is 642. The van der Waals surface area contributed by atoms with E-state index in [-0.39, 0.29) is 5.91 Å². The number of nitrogens with two attached hydrogens (primary N) is 1. The number of nitrogens with one attached hydrogen (secondary N) is 1. The number of carbonyl (C=O) groups excluding carboxylic acids is 1. The molecular weight excluding hydrogens is 280 g/mol. The van der Waals surface area contributed by atoms with Gasteiger partial charge in [0.2, 0.25) is 5.91 Å². The van der Waals surface area contributed by atoms with Crippen molar-refractivity contribution >= 4 is 35.0 Å². The van der Waals surface area contributed by atoms with E-state index in [1.54, 1.807) is 11.8 Å². The number of rotatable bonds is 2. The molecule has 0 saturated carbocycles. The Kier molecular flexibility index (Phi) is 3.22. The Morgan fingerprint density at radius 2 is 1.79 bits per heavy atom. The van der Waals surface area contributed by atoms with E-state index < -0.39 is 6.04 Å². The van der Waals surface area contributed by atoms with Crippen LogP contribution in [0.25, 0.3) is 0 Å². The lowest BCUT2D eigenvalue weighted by atomic mass is 10.1. The fourth-order valence-electron chi connectivity index (χ4n) is 1.97. The number of anilines is 1. The van der Waals surface area contributed by atoms with Crippen LogP contribution in [0.3, 0.4) is 0 Å². The molecule has 0 bridgehead atoms. The van der Waals surface area contributed by atoms with E-state index in [0.29, 0.717) is 0 Å². The van der Waals surface area contributed by atoms with Gasteiger partial charge in [-0.1, -0.05) is 29.4 Å². The van der Waals surface area contributed by atoms with Crippen LogP contribution < -0.4 is 11.1 Å². The zero-order chi connectivity index (χ0) is 13.4. The molecule has 1 aliphatic rings. The van der Waals surface area contributed by atoms with Crippen LogP contribution in [-0.4, -0.2) is 5.91 Å². The van der Waals surface area contributed by atoms with E-state index in [4.69, 9.17) is 17.3 Å². The molecule has 1 atom stereocenters. The van der Waals surface area contributed by atoms with Gasteiger partial charge < -0.3 is 11.1 Å². The Hall–Kier alpha value is -1.49. The highest BCUT2D eigenvalue weighted by Gasteiger charge is 2.26. The maximum Gasteiger partial charge on any atom is 0.245 e. The molecule has 0 aromatic heterocycles. The molecule has 19 heavy (non-hydrogen) atoms. The molecule has 0 aliphatic carbocycles. The van der Waals surface area contributed by atoms with Gasteiger partial charge in [0.05, 0.1) is 0 Å². The number of carbonyl (C=O) groups is 1. The molecule has 0 fully saturated rings. The third-order valence-corrected chi connectivity index (χ3v) is 4.20. The second kappa shape index (κ2) is 4.89. The summed E-state index contributed by atoms with van der Waals surface area (Å²) in [6.07, 6.45) is 0. The van der Waals surface area contributed by atoms with E-state index >= 15 is 0 Å². The molecule has 0 spiro atoms. The summed E-state index contributed by atoms with van der Waals surface area (Å²) in [5.41, 5.74) is 7.43. The van der Waals surface area contributed by atoms with Gasteiger partial charge in [-0.3, -0.25) is 4.79 Å². The molecule has 3 N–H and O–H groups in total. The first-order valence-corrected chi connectivity index (χ1v) is 6.97. The molecule has 1 heterocycles. The van der Waals surface area contributed by atoms with Crippen LogP contribution in [0.2, 0.25) is 5.02 Å². The van der Waals surface area contributed by atoms with Crippen molar-refractivity contribution in [2.45, 2.75) is 15.8 Å². The third kappa shape index (κ3) is 2.47. The largest absolute Gasteiger partial charge is 0.324 e. The van der Waals surface area contributed by atoms with Gasteiger partial charge in [-0.05, 0) is 36.4 Å². The van der Waals surface area contributed by atoms with Crippen molar-refractivity contribution in [2.75, 3.05) is 5.32 Å². The third-order valence-electron chi connectivity index (χ3n) is 2.95. The first-order chi connectivity index (χ1) is 9.13. The van der Waals surface area contributed by atoms with Crippen molar-refractivity contribution < 1.29 is 4.79 Å². The molecule has 1 aliphatic heterocycles. The number of hydrogen-bond donors (Lipinski definition) is 2. The van der Waals surface area contributed by atoms with Crippen molar-refractivity contribution in [1.29, 1.82) is 0 Å². The molecule has 0 saturated heterocycles. The summed E-state index contributed by atoms with van der Waals surface area (Å²) in [6.45, 7) is 0. The molecule has 1 unspecified atom stereocenters. The SMILES string of the molecule is NC1C(=O)Nc2cc(Sc3ccc(Cl)cc3)ccc21. The molecule has 1 amide bonds. The van der Waals surface area contributed by atoms with Crippen LogP contribution in [0, 0.1) is 0 Å². The van der Waals surface area contributed by atoms with Gasteiger partial charge in [-0.25, -0.2) is 0 Å². The van der Waals surface area contributed by atoms with Gasteiger partial charge >= 0.3 is 0 Å². The zero-order valence-electron chi connectivity index (χ0n) is 9.89. The molecule has 3 rings (SSSR count). The normalized spacial score (nSPS) is 17.2. The van der Waals surface area contributed by atoms with E-state index in [1.807, 2.05) is 42.5 Å². The lowest BCUT2D eigenvalue weighted by Crippen LogP contribution is -2.19. The van der Waals surface area contributed by atoms with Crippen LogP contribution in [0.15, 0.2) is 52.3 Å². The van der Waals surface area contributed by atoms with Crippen LogP contribution in [0.4, 0.5) is 5.69 Å². The van der Waals surface area contributed by atoms with Crippen molar-refractivity contribution in [3.8, 4) is 0 Å². The van der Waals surface area contributed by atoms with E-state index in [1.165, 1.54) is 0 Å². The standard InChI is InChI=1S/C14H11ClN2OS/c15-8-1-3-9(4-2-8)19-10-5-6-11-12(7-10)17-14(18)13(11)16/h1-7,13H,16H2,(H,17,18). The summed E-state index contributed by atoms with van der Waals surface area (Å²) >= 11 is 7.47. The minimum atomic E-state index is -0.551. The maximum absolute atomic E-state index is 11.5. The van der Waals surface area contributed by atoms with Crippen molar-refractivity contribution in [3.05, 3.63) is 53.1 Å². The Morgan fingerprint density at radius 1 is 1.11 bits per heavy atom. The lowest BCUT2D eigenvalue weighted by molar-refractivity contribution is -0.116. The molecule has 2 aromatic rings. The average molecular weight is 291 g/mol. The second-order valence-electron chi connectivity index (χ2n) is 4.27. The van der Waals surface area contributed by atoms with Gasteiger partial charge in [0.25, 0.3) is 0 Å². The predicted octanol–water partition coefficient (Wildman–Crippen LogP) is 3.44. The van der Waals surface area contributed by atoms with Gasteiger partial charge in [0.1, 0.15) is 6.04 Å². The number of halogens is 1. The van der Waals surface area contributed by atoms with Crippen LogP contribution in [0.1, 0.15) is 11.6 Å². The fourth-order valence-corrected chi connectivity index (χ4v) is 2.95. The highest BCUT2D eigenvalue weighted by atomic mass is 35.5. The molecule has 2 aromatic carbocycles. The Balaban J connectivity index is 1.86. The molecule has 5 heteroatoms. The summed E-state index contributed by atoms with van der Waals surface area (Å²) in [6, 6.07) is 12.9. The number of fused-ring (bicyclic) bond motifs is 1. The van der Waals surface area contributed by atoms with Gasteiger partial charge in [-0.2, -0.15) is 0 Å². The van der Waals surface area contributed by atoms with E-state index in [9.17, 15) is 4.79 Å². The van der Waals surface area contributed by atoms with Crippen LogP contribution in [0.5, 0.6) is 0 Å². The van der Waals surface area contributed by atoms with Gasteiger partial charge in [0, 0.05) is 26.1 Å². The van der Waals surface area contributed by atoms with E-state index in [0.717, 1.165) is 26.1 Å². The van der Waals surface area contributed by atoms with Crippen molar-refractivity contribution in [1.82, 2.24) is 0 Å². The minimum Gasteiger partial charge on any atom is -0.324 e. The molecule has 96 valence electrons. The van der Waals surface area contributed by atoms with Crippen molar-refractivity contribution in [3.63, 3.8) is 0 Å². The second-order valence-corrected chi connectivity index (χ2v) is 5.86. The molecule has 0 radical (unpaired) electrons.